The summed E-state index contributed by atoms with van der Waals surface area (Å²) in [7, 11) is 0. The van der Waals surface area contributed by atoms with Crippen LogP contribution in [-0.4, -0.2) is 35.1 Å². The third-order valence-corrected chi connectivity index (χ3v) is 3.99. The number of hydrogen-bond acceptors (Lipinski definition) is 4. The van der Waals surface area contributed by atoms with Gasteiger partial charge in [-0.15, -0.1) is 0 Å². The third-order valence-electron chi connectivity index (χ3n) is 3.99. The lowest BCUT2D eigenvalue weighted by atomic mass is 10.00. The average Bonchev–Trinajstić information content (AvgIpc) is 2.52. The summed E-state index contributed by atoms with van der Waals surface area (Å²) in [5.74, 6) is 0.0843. The molecule has 2 rings (SSSR count). The molecule has 2 atom stereocenters. The highest BCUT2D eigenvalue weighted by atomic mass is 16.6. The Morgan fingerprint density at radius 2 is 1.96 bits per heavy atom. The van der Waals surface area contributed by atoms with Gasteiger partial charge in [0.15, 0.2) is 0 Å². The van der Waals surface area contributed by atoms with Crippen molar-refractivity contribution in [3.63, 3.8) is 0 Å². The minimum atomic E-state index is -0.546. The number of carbonyl (C=O) groups excluding carboxylic acids is 2. The van der Waals surface area contributed by atoms with E-state index in [1.807, 2.05) is 42.2 Å². The number of nitrogens with zero attached hydrogens (tertiary/aromatic N) is 1. The van der Waals surface area contributed by atoms with Crippen molar-refractivity contribution in [2.75, 3.05) is 6.54 Å². The van der Waals surface area contributed by atoms with Crippen LogP contribution >= 0.6 is 0 Å². The predicted octanol–water partition coefficient (Wildman–Crippen LogP) is 2.77. The molecule has 0 bridgehead atoms. The summed E-state index contributed by atoms with van der Waals surface area (Å²) in [6, 6.07) is 9.97. The molecule has 2 amide bonds. The van der Waals surface area contributed by atoms with E-state index in [9.17, 15) is 9.59 Å². The summed E-state index contributed by atoms with van der Waals surface area (Å²) in [6.45, 7) is 8.11. The average molecular weight is 333 g/mol. The molecular formula is C18H27N3O3. The van der Waals surface area contributed by atoms with Crippen molar-refractivity contribution < 1.29 is 14.3 Å². The Labute approximate surface area is 143 Å². The van der Waals surface area contributed by atoms with Crippen molar-refractivity contribution in [1.82, 2.24) is 15.8 Å². The molecular weight excluding hydrogens is 306 g/mol. The maximum absolute atomic E-state index is 12.4. The Morgan fingerprint density at radius 1 is 1.29 bits per heavy atom. The number of rotatable bonds is 4. The molecule has 0 aliphatic carbocycles. The lowest BCUT2D eigenvalue weighted by Crippen LogP contribution is -2.52. The van der Waals surface area contributed by atoms with Gasteiger partial charge in [-0.2, -0.15) is 0 Å². The summed E-state index contributed by atoms with van der Waals surface area (Å²) in [6.07, 6.45) is 0.598. The van der Waals surface area contributed by atoms with Crippen molar-refractivity contribution in [3.05, 3.63) is 35.9 Å². The summed E-state index contributed by atoms with van der Waals surface area (Å²) in [4.78, 5) is 26.0. The molecule has 1 heterocycles. The van der Waals surface area contributed by atoms with E-state index in [2.05, 4.69) is 10.9 Å². The van der Waals surface area contributed by atoms with Crippen molar-refractivity contribution in [1.29, 1.82) is 0 Å². The lowest BCUT2D eigenvalue weighted by molar-refractivity contribution is -0.136. The van der Waals surface area contributed by atoms with Crippen LogP contribution in [0.3, 0.4) is 0 Å². The van der Waals surface area contributed by atoms with Gasteiger partial charge >= 0.3 is 6.09 Å². The Kier molecular flexibility index (Phi) is 5.83. The molecule has 132 valence electrons. The molecule has 0 aromatic heterocycles. The van der Waals surface area contributed by atoms with E-state index >= 15 is 0 Å². The van der Waals surface area contributed by atoms with Crippen LogP contribution in [0, 0.1) is 0 Å². The normalized spacial score (nSPS) is 19.8. The Balaban J connectivity index is 1.83. The fraction of sp³-hybridized carbons (Fsp3) is 0.556. The van der Waals surface area contributed by atoms with Gasteiger partial charge in [0.05, 0.1) is 6.04 Å². The fourth-order valence-corrected chi connectivity index (χ4v) is 2.76. The zero-order chi connectivity index (χ0) is 17.7. The van der Waals surface area contributed by atoms with E-state index in [1.54, 1.807) is 20.8 Å². The standard InChI is InChI=1S/C18H27N3O3/c1-13(14-8-6-5-7-9-14)21-11-10-15(12-16(21)22)19-20-17(23)24-18(2,3)4/h5-9,13,15,19H,10-12H2,1-4H3,(H,20,23)/t13-,15?/m0/s1. The van der Waals surface area contributed by atoms with Gasteiger partial charge in [-0.3, -0.25) is 10.2 Å². The second-order valence-corrected chi connectivity index (χ2v) is 7.13. The Bertz CT molecular complexity index is 569. The van der Waals surface area contributed by atoms with Crippen LogP contribution in [0.2, 0.25) is 0 Å². The van der Waals surface area contributed by atoms with Gasteiger partial charge in [-0.05, 0) is 39.7 Å². The van der Waals surface area contributed by atoms with Crippen LogP contribution in [-0.2, 0) is 9.53 Å². The summed E-state index contributed by atoms with van der Waals surface area (Å²) < 4.78 is 5.16. The number of amides is 2. The maximum atomic E-state index is 12.4. The molecule has 1 saturated heterocycles. The van der Waals surface area contributed by atoms with Crippen LogP contribution in [0.15, 0.2) is 30.3 Å². The number of nitrogens with one attached hydrogen (secondary N) is 2. The molecule has 6 nitrogen and oxygen atoms in total. The first kappa shape index (κ1) is 18.3. The number of piperidine rings is 1. The van der Waals surface area contributed by atoms with Crippen LogP contribution in [0.4, 0.5) is 4.79 Å². The second-order valence-electron chi connectivity index (χ2n) is 7.13. The highest BCUT2D eigenvalue weighted by Gasteiger charge is 2.29. The zero-order valence-corrected chi connectivity index (χ0v) is 14.8. The lowest BCUT2D eigenvalue weighted by Gasteiger charge is -2.36. The van der Waals surface area contributed by atoms with E-state index in [0.717, 1.165) is 12.0 Å². The van der Waals surface area contributed by atoms with Gasteiger partial charge in [0.25, 0.3) is 0 Å². The minimum Gasteiger partial charge on any atom is -0.443 e. The number of hydrogen-bond donors (Lipinski definition) is 2. The maximum Gasteiger partial charge on any atom is 0.422 e. The van der Waals surface area contributed by atoms with E-state index < -0.39 is 11.7 Å². The van der Waals surface area contributed by atoms with Gasteiger partial charge in [-0.25, -0.2) is 10.2 Å². The molecule has 1 fully saturated rings. The SMILES string of the molecule is C[C@@H](c1ccccc1)N1CCC(NNC(=O)OC(C)(C)C)CC1=O. The number of hydrazine groups is 1. The van der Waals surface area contributed by atoms with Crippen molar-refractivity contribution in [2.45, 2.75) is 58.2 Å². The quantitative estimate of drug-likeness (QED) is 0.831. The first-order chi connectivity index (χ1) is 11.3. The fourth-order valence-electron chi connectivity index (χ4n) is 2.76. The monoisotopic (exact) mass is 333 g/mol. The van der Waals surface area contributed by atoms with Crippen LogP contribution < -0.4 is 10.9 Å². The zero-order valence-electron chi connectivity index (χ0n) is 14.8. The first-order valence-corrected chi connectivity index (χ1v) is 8.35. The summed E-state index contributed by atoms with van der Waals surface area (Å²) >= 11 is 0. The molecule has 0 radical (unpaired) electrons. The summed E-state index contributed by atoms with van der Waals surface area (Å²) in [5.41, 5.74) is 6.01. The molecule has 1 aliphatic heterocycles. The summed E-state index contributed by atoms with van der Waals surface area (Å²) in [5, 5.41) is 0. The number of carbonyl (C=O) groups is 2. The molecule has 6 heteroatoms. The highest BCUT2D eigenvalue weighted by Crippen LogP contribution is 2.24. The minimum absolute atomic E-state index is 0.0541. The predicted molar refractivity (Wildman–Crippen MR) is 92.1 cm³/mol. The number of likely N-dealkylation sites (tertiary alicyclic amines) is 1. The van der Waals surface area contributed by atoms with Crippen molar-refractivity contribution in [2.24, 2.45) is 0 Å². The number of benzene rings is 1. The van der Waals surface area contributed by atoms with E-state index in [0.29, 0.717) is 13.0 Å². The Hall–Kier alpha value is -2.08. The van der Waals surface area contributed by atoms with Crippen LogP contribution in [0.25, 0.3) is 0 Å². The van der Waals surface area contributed by atoms with E-state index in [-0.39, 0.29) is 18.0 Å². The molecule has 0 spiro atoms. The molecule has 1 aromatic carbocycles. The van der Waals surface area contributed by atoms with E-state index in [4.69, 9.17) is 4.74 Å². The topological polar surface area (TPSA) is 70.7 Å². The van der Waals surface area contributed by atoms with Gasteiger partial charge < -0.3 is 9.64 Å². The Morgan fingerprint density at radius 3 is 2.54 bits per heavy atom. The van der Waals surface area contributed by atoms with Crippen molar-refractivity contribution in [3.8, 4) is 0 Å². The van der Waals surface area contributed by atoms with Crippen LogP contribution in [0.1, 0.15) is 52.1 Å². The number of ether oxygens (including phenoxy) is 1. The van der Waals surface area contributed by atoms with Gasteiger partial charge in [0.1, 0.15) is 5.60 Å². The van der Waals surface area contributed by atoms with Crippen molar-refractivity contribution >= 4 is 12.0 Å². The van der Waals surface area contributed by atoms with Gasteiger partial charge in [0, 0.05) is 19.0 Å². The smallest absolute Gasteiger partial charge is 0.422 e. The molecule has 24 heavy (non-hydrogen) atoms. The van der Waals surface area contributed by atoms with Gasteiger partial charge in [0.2, 0.25) is 5.91 Å². The molecule has 1 aliphatic rings. The van der Waals surface area contributed by atoms with Crippen LogP contribution in [0.5, 0.6) is 0 Å². The molecule has 0 saturated carbocycles. The van der Waals surface area contributed by atoms with E-state index in [1.165, 1.54) is 0 Å². The van der Waals surface area contributed by atoms with Gasteiger partial charge in [-0.1, -0.05) is 30.3 Å². The first-order valence-electron chi connectivity index (χ1n) is 8.35. The highest BCUT2D eigenvalue weighted by molar-refractivity contribution is 5.78. The molecule has 2 N–H and O–H groups in total. The largest absolute Gasteiger partial charge is 0.443 e. The third kappa shape index (κ3) is 5.23. The molecule has 1 aromatic rings. The molecule has 1 unspecified atom stereocenters. The second kappa shape index (κ2) is 7.66.